The second-order valence-corrected chi connectivity index (χ2v) is 7.14. The Balaban J connectivity index is 1.49. The molecule has 4 rings (SSSR count). The molecule has 3 aromatic rings. The van der Waals surface area contributed by atoms with E-state index in [1.54, 1.807) is 4.90 Å². The van der Waals surface area contributed by atoms with Crippen molar-refractivity contribution < 1.29 is 22.4 Å². The lowest BCUT2D eigenvalue weighted by molar-refractivity contribution is -0.137. The van der Waals surface area contributed by atoms with Gasteiger partial charge >= 0.3 is 6.18 Å². The predicted octanol–water partition coefficient (Wildman–Crippen LogP) is 3.54. The van der Waals surface area contributed by atoms with Crippen molar-refractivity contribution in [2.24, 2.45) is 0 Å². The number of hydrogen-bond donors (Lipinski definition) is 1. The molecule has 1 amide bonds. The lowest BCUT2D eigenvalue weighted by atomic mass is 10.0. The summed E-state index contributed by atoms with van der Waals surface area (Å²) in [5.74, 6) is -0.641. The summed E-state index contributed by atoms with van der Waals surface area (Å²) in [4.78, 5) is 19.8. The van der Waals surface area contributed by atoms with E-state index in [1.165, 1.54) is 35.4 Å². The number of hydrogen-bond acceptors (Lipinski definition) is 5. The van der Waals surface area contributed by atoms with Crippen LogP contribution in [0.5, 0.6) is 0 Å². The smallest absolute Gasteiger partial charge is 0.366 e. The number of anilines is 1. The number of amides is 1. The molecule has 3 heterocycles. The second kappa shape index (κ2) is 8.32. The minimum atomic E-state index is -4.45. The monoisotopic (exact) mass is 434 g/mol. The number of alkyl halides is 3. The minimum absolute atomic E-state index is 0.129. The van der Waals surface area contributed by atoms with Gasteiger partial charge in [0.15, 0.2) is 0 Å². The first-order valence-corrected chi connectivity index (χ1v) is 9.56. The molecule has 1 atom stereocenters. The third-order valence-corrected chi connectivity index (χ3v) is 4.97. The van der Waals surface area contributed by atoms with Crippen LogP contribution in [0.2, 0.25) is 0 Å². The highest BCUT2D eigenvalue weighted by Gasteiger charge is 2.31. The van der Waals surface area contributed by atoms with Crippen LogP contribution in [0.4, 0.5) is 23.4 Å². The van der Waals surface area contributed by atoms with Gasteiger partial charge in [-0.25, -0.2) is 9.37 Å². The first-order valence-electron chi connectivity index (χ1n) is 9.56. The molecular weight excluding hydrogens is 416 g/mol. The Kier molecular flexibility index (Phi) is 5.57. The van der Waals surface area contributed by atoms with Gasteiger partial charge in [0, 0.05) is 25.3 Å². The van der Waals surface area contributed by atoms with Crippen LogP contribution in [0.3, 0.4) is 0 Å². The van der Waals surface area contributed by atoms with Crippen molar-refractivity contribution in [1.29, 1.82) is 0 Å². The standard InChI is InChI=1S/C20H18F4N6O/c21-14-4-5-17(30-26-7-8-27-30)16(10-14)19(31)29-9-1-2-15(12-29)28-18-6-3-13(11-25-18)20(22,23)24/h3-8,10-11,15H,1-2,9,12H2,(H,25,28)/t15-/m1/s1. The number of aromatic nitrogens is 4. The maximum atomic E-state index is 13.9. The van der Waals surface area contributed by atoms with E-state index in [0.29, 0.717) is 37.4 Å². The zero-order valence-electron chi connectivity index (χ0n) is 16.2. The number of carbonyl (C=O) groups is 1. The van der Waals surface area contributed by atoms with Crippen LogP contribution < -0.4 is 5.32 Å². The van der Waals surface area contributed by atoms with Gasteiger partial charge in [0.05, 0.1) is 29.2 Å². The summed E-state index contributed by atoms with van der Waals surface area (Å²) in [5, 5.41) is 11.1. The highest BCUT2D eigenvalue weighted by molar-refractivity contribution is 5.97. The van der Waals surface area contributed by atoms with Crippen LogP contribution in [-0.2, 0) is 6.18 Å². The van der Waals surface area contributed by atoms with Crippen LogP contribution in [0.15, 0.2) is 48.9 Å². The molecule has 162 valence electrons. The maximum Gasteiger partial charge on any atom is 0.417 e. The summed E-state index contributed by atoms with van der Waals surface area (Å²) in [5.41, 5.74) is -0.343. The summed E-state index contributed by atoms with van der Waals surface area (Å²) >= 11 is 0. The van der Waals surface area contributed by atoms with E-state index in [4.69, 9.17) is 0 Å². The summed E-state index contributed by atoms with van der Waals surface area (Å²) < 4.78 is 52.0. The van der Waals surface area contributed by atoms with Crippen LogP contribution in [0.1, 0.15) is 28.8 Å². The normalized spacial score (nSPS) is 16.9. The van der Waals surface area contributed by atoms with E-state index < -0.39 is 17.6 Å². The van der Waals surface area contributed by atoms with Crippen molar-refractivity contribution in [3.63, 3.8) is 0 Å². The minimum Gasteiger partial charge on any atom is -0.366 e. The Morgan fingerprint density at radius 3 is 2.58 bits per heavy atom. The first kappa shape index (κ1) is 20.8. The molecule has 0 aliphatic carbocycles. The summed E-state index contributed by atoms with van der Waals surface area (Å²) in [6.07, 6.45) is 0.610. The molecule has 1 aliphatic heterocycles. The van der Waals surface area contributed by atoms with Gasteiger partial charge in [0.25, 0.3) is 5.91 Å². The van der Waals surface area contributed by atoms with Crippen LogP contribution in [-0.4, -0.2) is 49.9 Å². The summed E-state index contributed by atoms with van der Waals surface area (Å²) in [6, 6.07) is 5.83. The van der Waals surface area contributed by atoms with Gasteiger partial charge in [-0.1, -0.05) is 0 Å². The molecule has 0 spiro atoms. The van der Waals surface area contributed by atoms with E-state index in [2.05, 4.69) is 20.5 Å². The van der Waals surface area contributed by atoms with Crippen molar-refractivity contribution in [3.8, 4) is 5.69 Å². The molecule has 1 aromatic carbocycles. The zero-order chi connectivity index (χ0) is 22.0. The molecule has 0 radical (unpaired) electrons. The lowest BCUT2D eigenvalue weighted by Gasteiger charge is -2.33. The number of carbonyl (C=O) groups excluding carboxylic acids is 1. The Morgan fingerprint density at radius 2 is 1.90 bits per heavy atom. The van der Waals surface area contributed by atoms with Gasteiger partial charge in [-0.15, -0.1) is 0 Å². The van der Waals surface area contributed by atoms with Crippen LogP contribution >= 0.6 is 0 Å². The number of nitrogens with zero attached hydrogens (tertiary/aromatic N) is 5. The van der Waals surface area contributed by atoms with E-state index in [9.17, 15) is 22.4 Å². The van der Waals surface area contributed by atoms with Gasteiger partial charge < -0.3 is 10.2 Å². The number of likely N-dealkylation sites (tertiary alicyclic amines) is 1. The molecule has 1 aliphatic rings. The van der Waals surface area contributed by atoms with Gasteiger partial charge in [-0.05, 0) is 43.2 Å². The van der Waals surface area contributed by atoms with E-state index in [-0.39, 0.29) is 17.5 Å². The Morgan fingerprint density at radius 1 is 1.13 bits per heavy atom. The molecule has 11 heteroatoms. The number of pyridine rings is 1. The number of piperidine rings is 1. The third kappa shape index (κ3) is 4.65. The fourth-order valence-corrected chi connectivity index (χ4v) is 3.50. The first-order chi connectivity index (χ1) is 14.8. The molecular formula is C20H18F4N6O. The fraction of sp³-hybridized carbons (Fsp3) is 0.300. The molecule has 1 N–H and O–H groups in total. The van der Waals surface area contributed by atoms with Crippen molar-refractivity contribution in [1.82, 2.24) is 24.9 Å². The average Bonchev–Trinajstić information content (AvgIpc) is 3.28. The van der Waals surface area contributed by atoms with Crippen molar-refractivity contribution in [3.05, 3.63) is 65.9 Å². The molecule has 0 saturated carbocycles. The molecule has 0 bridgehead atoms. The highest BCUT2D eigenvalue weighted by atomic mass is 19.4. The van der Waals surface area contributed by atoms with Crippen LogP contribution in [0, 0.1) is 5.82 Å². The van der Waals surface area contributed by atoms with E-state index in [1.807, 2.05) is 0 Å². The third-order valence-electron chi connectivity index (χ3n) is 4.97. The average molecular weight is 434 g/mol. The van der Waals surface area contributed by atoms with Gasteiger partial charge in [-0.2, -0.15) is 28.2 Å². The summed E-state index contributed by atoms with van der Waals surface area (Å²) in [7, 11) is 0. The molecule has 1 saturated heterocycles. The Hall–Kier alpha value is -3.50. The molecule has 0 unspecified atom stereocenters. The van der Waals surface area contributed by atoms with Gasteiger partial charge in [0.2, 0.25) is 0 Å². The molecule has 1 fully saturated rings. The van der Waals surface area contributed by atoms with Crippen molar-refractivity contribution in [2.45, 2.75) is 25.1 Å². The fourth-order valence-electron chi connectivity index (χ4n) is 3.50. The van der Waals surface area contributed by atoms with Crippen molar-refractivity contribution >= 4 is 11.7 Å². The summed E-state index contributed by atoms with van der Waals surface area (Å²) in [6.45, 7) is 0.768. The van der Waals surface area contributed by atoms with E-state index in [0.717, 1.165) is 18.3 Å². The van der Waals surface area contributed by atoms with Gasteiger partial charge in [0.1, 0.15) is 11.6 Å². The quantitative estimate of drug-likeness (QED) is 0.636. The predicted molar refractivity (Wildman–Crippen MR) is 103 cm³/mol. The Bertz CT molecular complexity index is 1050. The number of benzene rings is 1. The second-order valence-electron chi connectivity index (χ2n) is 7.14. The number of rotatable bonds is 4. The molecule has 2 aromatic heterocycles. The maximum absolute atomic E-state index is 13.9. The van der Waals surface area contributed by atoms with Gasteiger partial charge in [-0.3, -0.25) is 4.79 Å². The van der Waals surface area contributed by atoms with Crippen LogP contribution in [0.25, 0.3) is 5.69 Å². The lowest BCUT2D eigenvalue weighted by Crippen LogP contribution is -2.45. The SMILES string of the molecule is O=C(c1cc(F)ccc1-n1nccn1)N1CCC[C@@H](Nc2ccc(C(F)(F)F)cn2)C1. The number of halogens is 4. The highest BCUT2D eigenvalue weighted by Crippen LogP contribution is 2.29. The number of nitrogens with one attached hydrogen (secondary N) is 1. The molecule has 7 nitrogen and oxygen atoms in total. The topological polar surface area (TPSA) is 75.9 Å². The largest absolute Gasteiger partial charge is 0.417 e. The Labute approximate surface area is 174 Å². The molecule has 31 heavy (non-hydrogen) atoms. The van der Waals surface area contributed by atoms with E-state index >= 15 is 0 Å². The zero-order valence-corrected chi connectivity index (χ0v) is 16.2. The van der Waals surface area contributed by atoms with Crippen molar-refractivity contribution in [2.75, 3.05) is 18.4 Å².